The number of methoxy groups -OCH3 is 1. The van der Waals surface area contributed by atoms with Gasteiger partial charge in [0, 0.05) is 25.8 Å². The molecule has 3 rings (SSSR count). The van der Waals surface area contributed by atoms with Crippen molar-refractivity contribution in [2.45, 2.75) is 63.3 Å². The van der Waals surface area contributed by atoms with Crippen LogP contribution in [-0.2, 0) is 25.9 Å². The Kier molecular flexibility index (Phi) is 7.87. The summed E-state index contributed by atoms with van der Waals surface area (Å²) in [5, 5.41) is 0. The van der Waals surface area contributed by atoms with Crippen LogP contribution in [0.3, 0.4) is 0 Å². The van der Waals surface area contributed by atoms with Crippen LogP contribution < -0.4 is 4.80 Å². The third-order valence-corrected chi connectivity index (χ3v) is 8.12. The van der Waals surface area contributed by atoms with E-state index in [-0.39, 0.29) is 16.7 Å². The molecule has 2 aromatic rings. The fraction of sp³-hybridized carbons (Fsp3) is 0.636. The van der Waals surface area contributed by atoms with Crippen molar-refractivity contribution < 1.29 is 17.9 Å². The molecule has 30 heavy (non-hydrogen) atoms. The lowest BCUT2D eigenvalue weighted by Crippen LogP contribution is -2.24. The van der Waals surface area contributed by atoms with Crippen molar-refractivity contribution in [1.82, 2.24) is 4.57 Å². The molecule has 8 heteroatoms. The number of nitrogens with zero attached hydrogens (tertiary/aromatic N) is 2. The van der Waals surface area contributed by atoms with Crippen molar-refractivity contribution in [2.75, 3.05) is 20.0 Å². The molecule has 1 aliphatic rings. The van der Waals surface area contributed by atoms with E-state index < -0.39 is 9.84 Å². The van der Waals surface area contributed by atoms with Gasteiger partial charge in [0.05, 0.1) is 21.7 Å². The standard InChI is InChI=1S/C22H32N2O4S2/c1-4-5-6-16-7-9-17(10-8-16)21(25)23-22-24(13-14-28-2)19-12-11-18(30(3,26)27)15-20(19)29-22/h11-12,15-17H,4-10,13-14H2,1-3H3. The number of rotatable bonds is 8. The Morgan fingerprint density at radius 1 is 1.27 bits per heavy atom. The molecule has 0 unspecified atom stereocenters. The Hall–Kier alpha value is -1.51. The van der Waals surface area contributed by atoms with E-state index in [9.17, 15) is 13.2 Å². The summed E-state index contributed by atoms with van der Waals surface area (Å²) < 4.78 is 31.8. The zero-order chi connectivity index (χ0) is 21.7. The minimum atomic E-state index is -3.29. The Morgan fingerprint density at radius 2 is 2.00 bits per heavy atom. The van der Waals surface area contributed by atoms with Crippen molar-refractivity contribution >= 4 is 37.3 Å². The molecule has 1 aromatic carbocycles. The number of amides is 1. The van der Waals surface area contributed by atoms with Gasteiger partial charge in [-0.2, -0.15) is 4.99 Å². The van der Waals surface area contributed by atoms with E-state index in [1.54, 1.807) is 25.3 Å². The molecule has 0 saturated heterocycles. The van der Waals surface area contributed by atoms with Crippen LogP contribution in [0.25, 0.3) is 10.2 Å². The van der Waals surface area contributed by atoms with Crippen LogP contribution in [0.1, 0.15) is 51.9 Å². The molecule has 1 heterocycles. The SMILES string of the molecule is CCCCC1CCC(C(=O)N=c2sc3cc(S(C)(=O)=O)ccc3n2CCOC)CC1. The summed E-state index contributed by atoms with van der Waals surface area (Å²) in [5.74, 6) is 0.694. The smallest absolute Gasteiger partial charge is 0.251 e. The lowest BCUT2D eigenvalue weighted by atomic mass is 9.79. The Bertz CT molecular complexity index is 1040. The molecule has 6 nitrogen and oxygen atoms in total. The summed E-state index contributed by atoms with van der Waals surface area (Å²) in [5.41, 5.74) is 0.874. The van der Waals surface area contributed by atoms with Gasteiger partial charge >= 0.3 is 0 Å². The molecule has 0 spiro atoms. The first-order valence-electron chi connectivity index (χ1n) is 10.7. The van der Waals surface area contributed by atoms with Crippen LogP contribution in [-0.4, -0.2) is 38.9 Å². The maximum Gasteiger partial charge on any atom is 0.251 e. The number of unbranched alkanes of at least 4 members (excludes halogenated alkanes) is 1. The first-order chi connectivity index (χ1) is 14.3. The van der Waals surface area contributed by atoms with Gasteiger partial charge in [-0.25, -0.2) is 8.42 Å². The number of thiazole rings is 1. The van der Waals surface area contributed by atoms with E-state index in [4.69, 9.17) is 4.74 Å². The van der Waals surface area contributed by atoms with Gasteiger partial charge in [-0.3, -0.25) is 4.79 Å². The highest BCUT2D eigenvalue weighted by Gasteiger charge is 2.26. The van der Waals surface area contributed by atoms with Gasteiger partial charge in [-0.15, -0.1) is 0 Å². The van der Waals surface area contributed by atoms with Crippen LogP contribution in [0.4, 0.5) is 0 Å². The molecule has 0 radical (unpaired) electrons. The van der Waals surface area contributed by atoms with Crippen molar-refractivity contribution in [1.29, 1.82) is 0 Å². The fourth-order valence-corrected chi connectivity index (χ4v) is 5.97. The number of hydrogen-bond acceptors (Lipinski definition) is 5. The molecule has 1 aliphatic carbocycles. The topological polar surface area (TPSA) is 77.7 Å². The highest BCUT2D eigenvalue weighted by atomic mass is 32.2. The van der Waals surface area contributed by atoms with Crippen LogP contribution in [0.5, 0.6) is 0 Å². The quantitative estimate of drug-likeness (QED) is 0.602. The molecular weight excluding hydrogens is 420 g/mol. The zero-order valence-corrected chi connectivity index (χ0v) is 19.7. The highest BCUT2D eigenvalue weighted by Crippen LogP contribution is 2.32. The zero-order valence-electron chi connectivity index (χ0n) is 18.1. The van der Waals surface area contributed by atoms with E-state index in [0.29, 0.717) is 18.0 Å². The number of fused-ring (bicyclic) bond motifs is 1. The van der Waals surface area contributed by atoms with Gasteiger partial charge in [0.1, 0.15) is 0 Å². The summed E-state index contributed by atoms with van der Waals surface area (Å²) >= 11 is 1.36. The second kappa shape index (κ2) is 10.2. The molecule has 1 saturated carbocycles. The summed E-state index contributed by atoms with van der Waals surface area (Å²) in [6.45, 7) is 3.27. The molecule has 0 aliphatic heterocycles. The predicted molar refractivity (Wildman–Crippen MR) is 120 cm³/mol. The van der Waals surface area contributed by atoms with E-state index >= 15 is 0 Å². The summed E-state index contributed by atoms with van der Waals surface area (Å²) in [6, 6.07) is 5.07. The lowest BCUT2D eigenvalue weighted by Gasteiger charge is -2.26. The molecule has 0 atom stereocenters. The van der Waals surface area contributed by atoms with E-state index in [0.717, 1.165) is 41.8 Å². The molecular formula is C22H32N2O4S2. The molecule has 166 valence electrons. The van der Waals surface area contributed by atoms with Crippen LogP contribution in [0, 0.1) is 11.8 Å². The van der Waals surface area contributed by atoms with Gasteiger partial charge in [-0.1, -0.05) is 37.5 Å². The number of benzene rings is 1. The molecule has 0 bridgehead atoms. The second-order valence-corrected chi connectivity index (χ2v) is 11.3. The first kappa shape index (κ1) is 23.2. The Labute approximate surface area is 182 Å². The predicted octanol–water partition coefficient (Wildman–Crippen LogP) is 4.18. The van der Waals surface area contributed by atoms with Crippen LogP contribution in [0.2, 0.25) is 0 Å². The van der Waals surface area contributed by atoms with Gasteiger partial charge < -0.3 is 9.30 Å². The van der Waals surface area contributed by atoms with Crippen molar-refractivity contribution in [3.63, 3.8) is 0 Å². The molecule has 0 N–H and O–H groups in total. The van der Waals surface area contributed by atoms with Crippen LogP contribution >= 0.6 is 11.3 Å². The number of hydrogen-bond donors (Lipinski definition) is 0. The third kappa shape index (κ3) is 5.59. The van der Waals surface area contributed by atoms with Gasteiger partial charge in [0.2, 0.25) is 0 Å². The van der Waals surface area contributed by atoms with Crippen molar-refractivity contribution in [2.24, 2.45) is 16.8 Å². The van der Waals surface area contributed by atoms with Crippen molar-refractivity contribution in [3.8, 4) is 0 Å². The van der Waals surface area contributed by atoms with Gasteiger partial charge in [0.25, 0.3) is 5.91 Å². The highest BCUT2D eigenvalue weighted by molar-refractivity contribution is 7.90. The number of aromatic nitrogens is 1. The van der Waals surface area contributed by atoms with Crippen molar-refractivity contribution in [3.05, 3.63) is 23.0 Å². The van der Waals surface area contributed by atoms with Gasteiger partial charge in [0.15, 0.2) is 14.6 Å². The van der Waals surface area contributed by atoms with Gasteiger partial charge in [-0.05, 0) is 49.8 Å². The van der Waals surface area contributed by atoms with E-state index in [1.807, 2.05) is 4.57 Å². The summed E-state index contributed by atoms with van der Waals surface area (Å²) in [4.78, 5) is 18.3. The summed E-state index contributed by atoms with van der Waals surface area (Å²) in [6.07, 6.45) is 9.01. The molecule has 1 fully saturated rings. The number of carbonyl (C=O) groups is 1. The maximum absolute atomic E-state index is 12.9. The summed E-state index contributed by atoms with van der Waals surface area (Å²) in [7, 11) is -1.66. The van der Waals surface area contributed by atoms with E-state index in [1.165, 1.54) is 36.9 Å². The van der Waals surface area contributed by atoms with E-state index in [2.05, 4.69) is 11.9 Å². The number of ether oxygens (including phenoxy) is 1. The Morgan fingerprint density at radius 3 is 2.63 bits per heavy atom. The maximum atomic E-state index is 12.9. The minimum Gasteiger partial charge on any atom is -0.383 e. The first-order valence-corrected chi connectivity index (χ1v) is 13.4. The third-order valence-electron chi connectivity index (χ3n) is 5.97. The molecule has 1 amide bonds. The van der Waals surface area contributed by atoms with Crippen LogP contribution in [0.15, 0.2) is 28.1 Å². The Balaban J connectivity index is 1.87. The number of sulfone groups is 1. The number of carbonyl (C=O) groups excluding carboxylic acids is 1. The average Bonchev–Trinajstić information content (AvgIpc) is 3.06. The largest absolute Gasteiger partial charge is 0.383 e. The normalized spacial score (nSPS) is 20.7. The molecule has 1 aromatic heterocycles. The monoisotopic (exact) mass is 452 g/mol. The average molecular weight is 453 g/mol. The minimum absolute atomic E-state index is 0.00413. The fourth-order valence-electron chi connectivity index (χ4n) is 4.14. The second-order valence-electron chi connectivity index (χ2n) is 8.24. The lowest BCUT2D eigenvalue weighted by molar-refractivity contribution is -0.123.